The van der Waals surface area contributed by atoms with E-state index in [4.69, 9.17) is 9.47 Å². The molecule has 29 heavy (non-hydrogen) atoms. The second-order valence-corrected chi connectivity index (χ2v) is 8.29. The molecule has 0 bridgehead atoms. The zero-order chi connectivity index (χ0) is 20.1. The predicted octanol–water partition coefficient (Wildman–Crippen LogP) is 1.64. The normalized spacial score (nSPS) is 23.1. The fourth-order valence-corrected chi connectivity index (χ4v) is 4.53. The number of carbonyl (C=O) groups is 1. The van der Waals surface area contributed by atoms with Gasteiger partial charge in [-0.2, -0.15) is 0 Å². The molecule has 1 saturated heterocycles. The summed E-state index contributed by atoms with van der Waals surface area (Å²) in [6.07, 6.45) is 5.47. The SMILES string of the molecule is O=C(NCCN1CCN(c2cccc3c2OCC(CO)O3)CC1)C1CCCCC1. The van der Waals surface area contributed by atoms with E-state index < -0.39 is 0 Å². The van der Waals surface area contributed by atoms with Crippen molar-refractivity contribution in [1.29, 1.82) is 0 Å². The Bertz CT molecular complexity index is 685. The molecule has 2 fully saturated rings. The Balaban J connectivity index is 1.23. The standard InChI is InChI=1S/C22H33N3O4/c26-15-18-16-28-21-19(7-4-8-20(21)29-18)25-13-11-24(12-14-25)10-9-23-22(27)17-5-2-1-3-6-17/h4,7-8,17-18,26H,1-3,5-6,9-16H2,(H,23,27). The highest BCUT2D eigenvalue weighted by Gasteiger charge is 2.27. The number of amides is 1. The number of aliphatic hydroxyl groups is 1. The number of nitrogens with zero attached hydrogens (tertiary/aromatic N) is 2. The molecular weight excluding hydrogens is 370 g/mol. The molecule has 2 aliphatic heterocycles. The summed E-state index contributed by atoms with van der Waals surface area (Å²) in [4.78, 5) is 17.0. The van der Waals surface area contributed by atoms with Crippen molar-refractivity contribution < 1.29 is 19.4 Å². The van der Waals surface area contributed by atoms with Gasteiger partial charge in [0, 0.05) is 45.2 Å². The molecular formula is C22H33N3O4. The summed E-state index contributed by atoms with van der Waals surface area (Å²) in [5.74, 6) is 1.97. The van der Waals surface area contributed by atoms with Crippen LogP contribution in [0.4, 0.5) is 5.69 Å². The topological polar surface area (TPSA) is 74.3 Å². The maximum Gasteiger partial charge on any atom is 0.223 e. The third-order valence-electron chi connectivity index (χ3n) is 6.29. The Kier molecular flexibility index (Phi) is 6.77. The maximum absolute atomic E-state index is 12.3. The number of piperazine rings is 1. The molecule has 2 heterocycles. The monoisotopic (exact) mass is 403 g/mol. The number of hydrogen-bond donors (Lipinski definition) is 2. The second-order valence-electron chi connectivity index (χ2n) is 8.29. The molecule has 1 unspecified atom stereocenters. The number of fused-ring (bicyclic) bond motifs is 1. The van der Waals surface area contributed by atoms with Gasteiger partial charge in [0.05, 0.1) is 12.3 Å². The van der Waals surface area contributed by atoms with Crippen molar-refractivity contribution in [3.63, 3.8) is 0 Å². The fraction of sp³-hybridized carbons (Fsp3) is 0.682. The van der Waals surface area contributed by atoms with Gasteiger partial charge in [-0.05, 0) is 25.0 Å². The van der Waals surface area contributed by atoms with Gasteiger partial charge in [0.15, 0.2) is 17.6 Å². The van der Waals surface area contributed by atoms with E-state index in [2.05, 4.69) is 21.2 Å². The van der Waals surface area contributed by atoms with Gasteiger partial charge in [0.25, 0.3) is 0 Å². The number of nitrogens with one attached hydrogen (secondary N) is 1. The maximum atomic E-state index is 12.3. The second kappa shape index (κ2) is 9.67. The molecule has 1 aromatic carbocycles. The van der Waals surface area contributed by atoms with E-state index in [0.29, 0.717) is 12.4 Å². The van der Waals surface area contributed by atoms with E-state index in [1.807, 2.05) is 12.1 Å². The van der Waals surface area contributed by atoms with Gasteiger partial charge in [-0.15, -0.1) is 0 Å². The van der Waals surface area contributed by atoms with Gasteiger partial charge >= 0.3 is 0 Å². The van der Waals surface area contributed by atoms with Crippen LogP contribution in [0.15, 0.2) is 18.2 Å². The van der Waals surface area contributed by atoms with Gasteiger partial charge < -0.3 is 24.8 Å². The van der Waals surface area contributed by atoms with E-state index in [-0.39, 0.29) is 24.5 Å². The van der Waals surface area contributed by atoms with Crippen LogP contribution in [0.5, 0.6) is 11.5 Å². The predicted molar refractivity (Wildman–Crippen MR) is 112 cm³/mol. The first-order chi connectivity index (χ1) is 14.2. The van der Waals surface area contributed by atoms with Gasteiger partial charge in [-0.25, -0.2) is 0 Å². The summed E-state index contributed by atoms with van der Waals surface area (Å²) in [7, 11) is 0. The molecule has 3 aliphatic rings. The first-order valence-electron chi connectivity index (χ1n) is 11.0. The Morgan fingerprint density at radius 3 is 2.69 bits per heavy atom. The molecule has 4 rings (SSSR count). The van der Waals surface area contributed by atoms with Crippen LogP contribution in [0, 0.1) is 5.92 Å². The molecule has 7 heteroatoms. The zero-order valence-corrected chi connectivity index (χ0v) is 17.1. The number of hydrogen-bond acceptors (Lipinski definition) is 6. The number of para-hydroxylation sites is 1. The summed E-state index contributed by atoms with van der Waals surface area (Å²) in [6.45, 7) is 5.72. The Labute approximate surface area is 173 Å². The molecule has 2 N–H and O–H groups in total. The number of carbonyl (C=O) groups excluding carboxylic acids is 1. The number of aliphatic hydroxyl groups excluding tert-OH is 1. The van der Waals surface area contributed by atoms with Crippen LogP contribution in [0.1, 0.15) is 32.1 Å². The van der Waals surface area contributed by atoms with Crippen LogP contribution in [-0.4, -0.2) is 74.5 Å². The van der Waals surface area contributed by atoms with Gasteiger partial charge in [-0.3, -0.25) is 9.69 Å². The average molecular weight is 404 g/mol. The number of ether oxygens (including phenoxy) is 2. The lowest BCUT2D eigenvalue weighted by Gasteiger charge is -2.38. The summed E-state index contributed by atoms with van der Waals surface area (Å²) in [5, 5.41) is 12.4. The molecule has 1 saturated carbocycles. The summed E-state index contributed by atoms with van der Waals surface area (Å²) < 4.78 is 11.7. The van der Waals surface area contributed by atoms with Crippen molar-refractivity contribution in [2.45, 2.75) is 38.2 Å². The highest BCUT2D eigenvalue weighted by molar-refractivity contribution is 5.78. The minimum Gasteiger partial charge on any atom is -0.484 e. The highest BCUT2D eigenvalue weighted by Crippen LogP contribution is 2.40. The minimum absolute atomic E-state index is 0.0420. The fourth-order valence-electron chi connectivity index (χ4n) is 4.53. The van der Waals surface area contributed by atoms with Gasteiger partial charge in [0.2, 0.25) is 5.91 Å². The lowest BCUT2D eigenvalue weighted by molar-refractivity contribution is -0.125. The van der Waals surface area contributed by atoms with Crippen LogP contribution >= 0.6 is 0 Å². The largest absolute Gasteiger partial charge is 0.484 e. The number of benzene rings is 1. The molecule has 1 atom stereocenters. The average Bonchev–Trinajstić information content (AvgIpc) is 2.79. The third kappa shape index (κ3) is 4.95. The Morgan fingerprint density at radius 1 is 1.14 bits per heavy atom. The van der Waals surface area contributed by atoms with Crippen LogP contribution in [0.2, 0.25) is 0 Å². The number of anilines is 1. The van der Waals surface area contributed by atoms with Crippen molar-refractivity contribution in [3.05, 3.63) is 18.2 Å². The first-order valence-corrected chi connectivity index (χ1v) is 11.0. The quantitative estimate of drug-likeness (QED) is 0.752. The van der Waals surface area contributed by atoms with E-state index in [9.17, 15) is 9.90 Å². The van der Waals surface area contributed by atoms with Gasteiger partial charge in [0.1, 0.15) is 6.61 Å². The van der Waals surface area contributed by atoms with Crippen LogP contribution < -0.4 is 19.7 Å². The van der Waals surface area contributed by atoms with Crippen LogP contribution in [0.25, 0.3) is 0 Å². The van der Waals surface area contributed by atoms with E-state index >= 15 is 0 Å². The van der Waals surface area contributed by atoms with E-state index in [1.165, 1.54) is 19.3 Å². The molecule has 1 aliphatic carbocycles. The molecule has 0 radical (unpaired) electrons. The van der Waals surface area contributed by atoms with Crippen molar-refractivity contribution in [3.8, 4) is 11.5 Å². The van der Waals surface area contributed by atoms with Crippen LogP contribution in [-0.2, 0) is 4.79 Å². The van der Waals surface area contributed by atoms with Crippen molar-refractivity contribution in [1.82, 2.24) is 10.2 Å². The summed E-state index contributed by atoms with van der Waals surface area (Å²) >= 11 is 0. The lowest BCUT2D eigenvalue weighted by atomic mass is 9.89. The molecule has 7 nitrogen and oxygen atoms in total. The first kappa shape index (κ1) is 20.3. The minimum atomic E-state index is -0.293. The molecule has 1 amide bonds. The summed E-state index contributed by atoms with van der Waals surface area (Å²) in [6, 6.07) is 5.94. The lowest BCUT2D eigenvalue weighted by Crippen LogP contribution is -2.49. The van der Waals surface area contributed by atoms with Crippen LogP contribution in [0.3, 0.4) is 0 Å². The molecule has 0 aromatic heterocycles. The van der Waals surface area contributed by atoms with Crippen molar-refractivity contribution in [2.75, 3.05) is 57.4 Å². The Hall–Kier alpha value is -1.99. The number of rotatable bonds is 6. The Morgan fingerprint density at radius 2 is 1.93 bits per heavy atom. The zero-order valence-electron chi connectivity index (χ0n) is 17.1. The molecule has 1 aromatic rings. The highest BCUT2D eigenvalue weighted by atomic mass is 16.6. The van der Waals surface area contributed by atoms with Crippen molar-refractivity contribution >= 4 is 11.6 Å². The molecule has 160 valence electrons. The molecule has 0 spiro atoms. The van der Waals surface area contributed by atoms with E-state index in [1.54, 1.807) is 0 Å². The van der Waals surface area contributed by atoms with E-state index in [0.717, 1.165) is 63.5 Å². The smallest absolute Gasteiger partial charge is 0.223 e. The van der Waals surface area contributed by atoms with Gasteiger partial charge in [-0.1, -0.05) is 25.3 Å². The summed E-state index contributed by atoms with van der Waals surface area (Å²) in [5.41, 5.74) is 1.06. The third-order valence-corrected chi connectivity index (χ3v) is 6.29. The van der Waals surface area contributed by atoms with Crippen molar-refractivity contribution in [2.24, 2.45) is 5.92 Å².